The Labute approximate surface area is 186 Å². The first-order valence-electron chi connectivity index (χ1n) is 9.93. The first kappa shape index (κ1) is 25.8. The van der Waals surface area contributed by atoms with E-state index in [1.807, 2.05) is 39.0 Å². The highest BCUT2D eigenvalue weighted by molar-refractivity contribution is 5.89. The standard InChI is InChI=1S/C21H33N3O3.2ClH/c1-5-27-18-14-21(22,20(18,2)3)19(25)23-15-10-12-24(13-11-15)16-8-6-7-9-17(16)26-4;;/h6-9,15,18H,5,10-14,22H2,1-4H3,(H,23,25);2*1H. The maximum atomic E-state index is 12.9. The summed E-state index contributed by atoms with van der Waals surface area (Å²) in [5.41, 5.74) is 6.40. The van der Waals surface area contributed by atoms with Crippen molar-refractivity contribution in [1.82, 2.24) is 5.32 Å². The second-order valence-corrected chi connectivity index (χ2v) is 8.25. The van der Waals surface area contributed by atoms with Gasteiger partial charge < -0.3 is 25.4 Å². The van der Waals surface area contributed by atoms with Gasteiger partial charge in [0.05, 0.1) is 18.9 Å². The van der Waals surface area contributed by atoms with E-state index in [0.717, 1.165) is 37.4 Å². The van der Waals surface area contributed by atoms with E-state index in [2.05, 4.69) is 16.3 Å². The number of methoxy groups -OCH3 is 1. The Morgan fingerprint density at radius 3 is 2.41 bits per heavy atom. The van der Waals surface area contributed by atoms with Gasteiger partial charge in [0.25, 0.3) is 0 Å². The molecule has 8 heteroatoms. The number of carbonyl (C=O) groups is 1. The van der Waals surface area contributed by atoms with Crippen LogP contribution in [0.15, 0.2) is 24.3 Å². The molecule has 1 aliphatic carbocycles. The van der Waals surface area contributed by atoms with Crippen LogP contribution in [0.2, 0.25) is 0 Å². The van der Waals surface area contributed by atoms with E-state index in [1.54, 1.807) is 7.11 Å². The highest BCUT2D eigenvalue weighted by atomic mass is 35.5. The van der Waals surface area contributed by atoms with Gasteiger partial charge in [-0.05, 0) is 31.9 Å². The molecule has 3 N–H and O–H groups in total. The first-order valence-corrected chi connectivity index (χ1v) is 9.93. The van der Waals surface area contributed by atoms with Crippen molar-refractivity contribution < 1.29 is 14.3 Å². The molecule has 2 unspecified atom stereocenters. The smallest absolute Gasteiger partial charge is 0.241 e. The second kappa shape index (κ2) is 10.2. The van der Waals surface area contributed by atoms with Crippen LogP contribution in [0.25, 0.3) is 0 Å². The fraction of sp³-hybridized carbons (Fsp3) is 0.667. The summed E-state index contributed by atoms with van der Waals surface area (Å²) < 4.78 is 11.2. The largest absolute Gasteiger partial charge is 0.495 e. The van der Waals surface area contributed by atoms with Crippen molar-refractivity contribution in [3.8, 4) is 5.75 Å². The highest BCUT2D eigenvalue weighted by Crippen LogP contribution is 2.50. The molecule has 166 valence electrons. The summed E-state index contributed by atoms with van der Waals surface area (Å²) in [5.74, 6) is 0.846. The van der Waals surface area contributed by atoms with Gasteiger partial charge in [-0.1, -0.05) is 26.0 Å². The van der Waals surface area contributed by atoms with E-state index in [1.165, 1.54) is 0 Å². The number of nitrogens with zero attached hydrogens (tertiary/aromatic N) is 1. The lowest BCUT2D eigenvalue weighted by Crippen LogP contribution is -2.76. The van der Waals surface area contributed by atoms with Crippen LogP contribution in [0.3, 0.4) is 0 Å². The molecule has 0 aromatic heterocycles. The van der Waals surface area contributed by atoms with Crippen molar-refractivity contribution in [2.75, 3.05) is 31.7 Å². The average molecular weight is 448 g/mol. The molecular weight excluding hydrogens is 413 g/mol. The van der Waals surface area contributed by atoms with Crippen LogP contribution in [0, 0.1) is 5.41 Å². The predicted molar refractivity (Wildman–Crippen MR) is 122 cm³/mol. The zero-order valence-corrected chi connectivity index (χ0v) is 19.4. The molecule has 6 nitrogen and oxygen atoms in total. The van der Waals surface area contributed by atoms with Crippen molar-refractivity contribution in [1.29, 1.82) is 0 Å². The molecule has 1 aromatic rings. The monoisotopic (exact) mass is 447 g/mol. The zero-order valence-electron chi connectivity index (χ0n) is 17.8. The maximum absolute atomic E-state index is 12.9. The Morgan fingerprint density at radius 1 is 1.24 bits per heavy atom. The van der Waals surface area contributed by atoms with E-state index in [-0.39, 0.29) is 48.3 Å². The Kier molecular flexibility index (Phi) is 9.09. The number of halogens is 2. The molecule has 1 aliphatic heterocycles. The molecule has 29 heavy (non-hydrogen) atoms. The quantitative estimate of drug-likeness (QED) is 0.699. The lowest BCUT2D eigenvalue weighted by atomic mass is 9.54. The fourth-order valence-corrected chi connectivity index (χ4v) is 4.29. The van der Waals surface area contributed by atoms with E-state index in [0.29, 0.717) is 13.0 Å². The highest BCUT2D eigenvalue weighted by Gasteiger charge is 2.63. The van der Waals surface area contributed by atoms with E-state index >= 15 is 0 Å². The predicted octanol–water partition coefficient (Wildman–Crippen LogP) is 3.16. The Balaban J connectivity index is 0.00000210. The van der Waals surface area contributed by atoms with Crippen LogP contribution in [-0.4, -0.2) is 50.4 Å². The SMILES string of the molecule is CCOC1CC(N)(C(=O)NC2CCN(c3ccccc3OC)CC2)C1(C)C.Cl.Cl. The Bertz CT molecular complexity index is 681. The number of anilines is 1. The van der Waals surface area contributed by atoms with Crippen molar-refractivity contribution in [3.05, 3.63) is 24.3 Å². The van der Waals surface area contributed by atoms with Crippen LogP contribution in [-0.2, 0) is 9.53 Å². The number of carbonyl (C=O) groups excluding carboxylic acids is 1. The summed E-state index contributed by atoms with van der Waals surface area (Å²) in [4.78, 5) is 15.2. The molecule has 3 rings (SSSR count). The van der Waals surface area contributed by atoms with Crippen LogP contribution in [0.1, 0.15) is 40.0 Å². The van der Waals surface area contributed by atoms with Crippen LogP contribution in [0.5, 0.6) is 5.75 Å². The maximum Gasteiger partial charge on any atom is 0.241 e. The number of rotatable bonds is 6. The lowest BCUT2D eigenvalue weighted by molar-refractivity contribution is -0.171. The summed E-state index contributed by atoms with van der Waals surface area (Å²) in [6.07, 6.45) is 2.43. The van der Waals surface area contributed by atoms with Gasteiger partial charge in [-0.25, -0.2) is 0 Å². The van der Waals surface area contributed by atoms with Gasteiger partial charge in [-0.15, -0.1) is 24.8 Å². The van der Waals surface area contributed by atoms with Gasteiger partial charge in [0.15, 0.2) is 0 Å². The van der Waals surface area contributed by atoms with Gasteiger partial charge in [0.1, 0.15) is 11.3 Å². The summed E-state index contributed by atoms with van der Waals surface area (Å²) >= 11 is 0. The topological polar surface area (TPSA) is 76.8 Å². The van der Waals surface area contributed by atoms with Crippen molar-refractivity contribution in [2.45, 2.75) is 57.7 Å². The Hall–Kier alpha value is -1.21. The third-order valence-corrected chi connectivity index (χ3v) is 6.49. The van der Waals surface area contributed by atoms with Crippen LogP contribution >= 0.6 is 24.8 Å². The normalized spacial score (nSPS) is 25.8. The van der Waals surface area contributed by atoms with E-state index < -0.39 is 5.54 Å². The van der Waals surface area contributed by atoms with Gasteiger partial charge >= 0.3 is 0 Å². The molecule has 0 spiro atoms. The summed E-state index contributed by atoms with van der Waals surface area (Å²) in [6, 6.07) is 8.22. The van der Waals surface area contributed by atoms with E-state index in [4.69, 9.17) is 15.2 Å². The van der Waals surface area contributed by atoms with Crippen LogP contribution in [0.4, 0.5) is 5.69 Å². The fourth-order valence-electron chi connectivity index (χ4n) is 4.29. The molecule has 1 aromatic carbocycles. The first-order chi connectivity index (χ1) is 12.8. The number of ether oxygens (including phenoxy) is 2. The number of hydrogen-bond acceptors (Lipinski definition) is 5. The third-order valence-electron chi connectivity index (χ3n) is 6.49. The van der Waals surface area contributed by atoms with Gasteiger partial charge in [-0.2, -0.15) is 0 Å². The molecule has 0 radical (unpaired) electrons. The number of nitrogens with one attached hydrogen (secondary N) is 1. The van der Waals surface area contributed by atoms with Gasteiger partial charge in [0, 0.05) is 37.6 Å². The molecule has 1 saturated carbocycles. The molecule has 2 aliphatic rings. The summed E-state index contributed by atoms with van der Waals surface area (Å²) in [6.45, 7) is 8.44. The molecule has 1 saturated heterocycles. The molecular formula is C21H35Cl2N3O3. The number of para-hydroxylation sites is 2. The lowest BCUT2D eigenvalue weighted by Gasteiger charge is -2.57. The molecule has 1 amide bonds. The van der Waals surface area contributed by atoms with Crippen molar-refractivity contribution in [2.24, 2.45) is 11.1 Å². The number of benzene rings is 1. The minimum atomic E-state index is -0.855. The zero-order chi connectivity index (χ0) is 19.7. The van der Waals surface area contributed by atoms with Crippen molar-refractivity contribution in [3.63, 3.8) is 0 Å². The minimum Gasteiger partial charge on any atom is -0.495 e. The second-order valence-electron chi connectivity index (χ2n) is 8.25. The molecule has 0 bridgehead atoms. The van der Waals surface area contributed by atoms with Gasteiger partial charge in [0.2, 0.25) is 5.91 Å². The average Bonchev–Trinajstić information content (AvgIpc) is 2.68. The number of piperidine rings is 1. The summed E-state index contributed by atoms with van der Waals surface area (Å²) in [5, 5.41) is 3.20. The molecule has 2 atom stereocenters. The van der Waals surface area contributed by atoms with E-state index in [9.17, 15) is 4.79 Å². The van der Waals surface area contributed by atoms with Crippen molar-refractivity contribution >= 4 is 36.4 Å². The number of amides is 1. The third kappa shape index (κ3) is 4.76. The molecule has 2 fully saturated rings. The van der Waals surface area contributed by atoms with Crippen LogP contribution < -0.4 is 20.7 Å². The Morgan fingerprint density at radius 2 is 1.86 bits per heavy atom. The number of hydrogen-bond donors (Lipinski definition) is 2. The molecule has 1 heterocycles. The summed E-state index contributed by atoms with van der Waals surface area (Å²) in [7, 11) is 1.70. The van der Waals surface area contributed by atoms with Gasteiger partial charge in [-0.3, -0.25) is 4.79 Å². The number of nitrogens with two attached hydrogens (primary N) is 1. The minimum absolute atomic E-state index is 0.